The monoisotopic (exact) mass is 259 g/mol. The minimum Gasteiger partial charge on any atom is -0.480 e. The lowest BCUT2D eigenvalue weighted by Gasteiger charge is -2.34. The molecule has 0 saturated carbocycles. The van der Waals surface area contributed by atoms with Gasteiger partial charge in [0.25, 0.3) is 0 Å². The molecule has 0 aromatic heterocycles. The van der Waals surface area contributed by atoms with Crippen LogP contribution in [0.15, 0.2) is 0 Å². The minimum atomic E-state index is -0.940. The van der Waals surface area contributed by atoms with Crippen LogP contribution in [0.2, 0.25) is 0 Å². The Morgan fingerprint density at radius 1 is 1.53 bits per heavy atom. The molecule has 1 amide bonds. The molecular weight excluding hydrogens is 238 g/mol. The van der Waals surface area contributed by atoms with Crippen LogP contribution in [0.1, 0.15) is 40.0 Å². The fraction of sp³-hybridized carbons (Fsp3) is 0.833. The average molecular weight is 259 g/mol. The van der Waals surface area contributed by atoms with Gasteiger partial charge in [-0.25, -0.2) is 0 Å². The van der Waals surface area contributed by atoms with Gasteiger partial charge in [-0.3, -0.25) is 9.59 Å². The van der Waals surface area contributed by atoms with Crippen LogP contribution >= 0.6 is 11.8 Å². The van der Waals surface area contributed by atoms with Gasteiger partial charge in [0.05, 0.1) is 4.75 Å². The van der Waals surface area contributed by atoms with E-state index in [4.69, 9.17) is 5.11 Å². The maximum Gasteiger partial charge on any atom is 0.323 e. The smallest absolute Gasteiger partial charge is 0.323 e. The largest absolute Gasteiger partial charge is 0.480 e. The molecule has 1 saturated heterocycles. The molecule has 98 valence electrons. The van der Waals surface area contributed by atoms with Gasteiger partial charge < -0.3 is 10.0 Å². The molecule has 5 heteroatoms. The summed E-state index contributed by atoms with van der Waals surface area (Å²) in [5, 5.41) is 8.90. The van der Waals surface area contributed by atoms with Gasteiger partial charge >= 0.3 is 5.97 Å². The number of hydrogen-bond donors (Lipinski definition) is 1. The summed E-state index contributed by atoms with van der Waals surface area (Å²) in [7, 11) is 0. The summed E-state index contributed by atoms with van der Waals surface area (Å²) in [5.74, 6) is 0.0333. The van der Waals surface area contributed by atoms with E-state index in [0.29, 0.717) is 0 Å². The summed E-state index contributed by atoms with van der Waals surface area (Å²) in [5.41, 5.74) is 0. The van der Waals surface area contributed by atoms with Gasteiger partial charge in [0.2, 0.25) is 5.91 Å². The second-order valence-electron chi connectivity index (χ2n) is 4.77. The highest BCUT2D eigenvalue weighted by Gasteiger charge is 2.41. The second kappa shape index (κ2) is 5.76. The van der Waals surface area contributed by atoms with Gasteiger partial charge in [-0.15, -0.1) is 11.8 Å². The first-order valence-corrected chi connectivity index (χ1v) is 7.06. The van der Waals surface area contributed by atoms with Crippen LogP contribution in [0.4, 0.5) is 0 Å². The summed E-state index contributed by atoms with van der Waals surface area (Å²) in [4.78, 5) is 24.8. The second-order valence-corrected chi connectivity index (χ2v) is 6.36. The van der Waals surface area contributed by atoms with E-state index < -0.39 is 10.7 Å². The van der Waals surface area contributed by atoms with E-state index in [1.165, 1.54) is 4.90 Å². The van der Waals surface area contributed by atoms with Crippen molar-refractivity contribution in [2.24, 2.45) is 0 Å². The predicted octanol–water partition coefficient (Wildman–Crippen LogP) is 1.98. The van der Waals surface area contributed by atoms with E-state index in [-0.39, 0.29) is 18.5 Å². The predicted molar refractivity (Wildman–Crippen MR) is 69.2 cm³/mol. The van der Waals surface area contributed by atoms with E-state index >= 15 is 0 Å². The van der Waals surface area contributed by atoms with E-state index in [1.807, 2.05) is 20.8 Å². The Morgan fingerprint density at radius 3 is 2.59 bits per heavy atom. The number of carbonyl (C=O) groups excluding carboxylic acids is 1. The molecule has 2 unspecified atom stereocenters. The zero-order chi connectivity index (χ0) is 13.1. The number of rotatable bonds is 5. The zero-order valence-electron chi connectivity index (χ0n) is 10.7. The van der Waals surface area contributed by atoms with Gasteiger partial charge in [0.15, 0.2) is 0 Å². The molecule has 1 aliphatic rings. The molecule has 1 heterocycles. The number of thioether (sulfide) groups is 1. The lowest BCUT2D eigenvalue weighted by atomic mass is 10.0. The highest BCUT2D eigenvalue weighted by molar-refractivity contribution is 8.01. The first-order chi connectivity index (χ1) is 7.90. The van der Waals surface area contributed by atoms with E-state index in [9.17, 15) is 9.59 Å². The third kappa shape index (κ3) is 3.37. The Morgan fingerprint density at radius 2 is 2.18 bits per heavy atom. The summed E-state index contributed by atoms with van der Waals surface area (Å²) >= 11 is 1.65. The van der Waals surface area contributed by atoms with Crippen LogP contribution in [-0.2, 0) is 9.59 Å². The van der Waals surface area contributed by atoms with Crippen LogP contribution in [0.5, 0.6) is 0 Å². The Bertz CT molecular complexity index is 300. The molecule has 4 nitrogen and oxygen atoms in total. The molecule has 17 heavy (non-hydrogen) atoms. The first-order valence-electron chi connectivity index (χ1n) is 6.07. The number of hydrogen-bond acceptors (Lipinski definition) is 3. The topological polar surface area (TPSA) is 57.6 Å². The lowest BCUT2D eigenvalue weighted by Crippen LogP contribution is -2.49. The summed E-state index contributed by atoms with van der Waals surface area (Å²) < 4.78 is -0.418. The highest BCUT2D eigenvalue weighted by atomic mass is 32.2. The normalized spacial score (nSPS) is 25.6. The molecule has 0 bridgehead atoms. The van der Waals surface area contributed by atoms with Crippen LogP contribution in [0, 0.1) is 0 Å². The van der Waals surface area contributed by atoms with Crippen LogP contribution in [-0.4, -0.2) is 45.0 Å². The summed E-state index contributed by atoms with van der Waals surface area (Å²) in [6, 6.07) is -0.0170. The quantitative estimate of drug-likeness (QED) is 0.820. The molecule has 0 spiro atoms. The molecular formula is C12H21NO3S. The fourth-order valence-corrected chi connectivity index (χ4v) is 3.31. The number of amides is 1. The van der Waals surface area contributed by atoms with Crippen molar-refractivity contribution in [1.82, 2.24) is 4.90 Å². The van der Waals surface area contributed by atoms with Gasteiger partial charge in [0, 0.05) is 6.04 Å². The SMILES string of the molecule is CCC(C)N(CC(=O)O)C(=O)C1(C)CCCS1. The van der Waals surface area contributed by atoms with Crippen molar-refractivity contribution in [2.45, 2.75) is 50.8 Å². The maximum absolute atomic E-state index is 12.4. The standard InChI is InChI=1S/C12H21NO3S/c1-4-9(2)13(8-10(14)15)11(16)12(3)6-5-7-17-12/h9H,4-8H2,1-3H3,(H,14,15). The fourth-order valence-electron chi connectivity index (χ4n) is 2.05. The third-order valence-corrected chi connectivity index (χ3v) is 4.87. The number of carbonyl (C=O) groups is 2. The number of aliphatic carboxylic acids is 1. The highest BCUT2D eigenvalue weighted by Crippen LogP contribution is 2.39. The molecule has 1 aliphatic heterocycles. The zero-order valence-corrected chi connectivity index (χ0v) is 11.5. The van der Waals surface area contributed by atoms with Crippen molar-refractivity contribution < 1.29 is 14.7 Å². The van der Waals surface area contributed by atoms with Crippen molar-refractivity contribution in [3.63, 3.8) is 0 Å². The Hall–Kier alpha value is -0.710. The summed E-state index contributed by atoms with van der Waals surface area (Å²) in [6.07, 6.45) is 2.66. The van der Waals surface area contributed by atoms with Crippen molar-refractivity contribution >= 4 is 23.6 Å². The van der Waals surface area contributed by atoms with Crippen molar-refractivity contribution in [1.29, 1.82) is 0 Å². The van der Waals surface area contributed by atoms with Gasteiger partial charge in [-0.2, -0.15) is 0 Å². The average Bonchev–Trinajstić information content (AvgIpc) is 2.72. The summed E-state index contributed by atoms with van der Waals surface area (Å²) in [6.45, 7) is 5.62. The maximum atomic E-state index is 12.4. The van der Waals surface area contributed by atoms with E-state index in [0.717, 1.165) is 25.0 Å². The van der Waals surface area contributed by atoms with Crippen LogP contribution < -0.4 is 0 Å². The molecule has 0 aromatic carbocycles. The van der Waals surface area contributed by atoms with Gasteiger partial charge in [-0.05, 0) is 38.9 Å². The minimum absolute atomic E-state index is 0.0169. The van der Waals surface area contributed by atoms with E-state index in [1.54, 1.807) is 11.8 Å². The first kappa shape index (κ1) is 14.4. The van der Waals surface area contributed by atoms with E-state index in [2.05, 4.69) is 0 Å². The molecule has 0 aliphatic carbocycles. The molecule has 1 N–H and O–H groups in total. The Kier molecular flexibility index (Phi) is 4.86. The molecule has 1 rings (SSSR count). The van der Waals surface area contributed by atoms with Crippen LogP contribution in [0.25, 0.3) is 0 Å². The molecule has 0 aromatic rings. The van der Waals surface area contributed by atoms with Crippen molar-refractivity contribution in [3.8, 4) is 0 Å². The number of carboxylic acid groups (broad SMARTS) is 1. The van der Waals surface area contributed by atoms with Gasteiger partial charge in [-0.1, -0.05) is 6.92 Å². The molecule has 2 atom stereocenters. The van der Waals surface area contributed by atoms with Crippen molar-refractivity contribution in [3.05, 3.63) is 0 Å². The Labute approximate surface area is 107 Å². The van der Waals surface area contributed by atoms with Gasteiger partial charge in [0.1, 0.15) is 6.54 Å². The molecule has 0 radical (unpaired) electrons. The van der Waals surface area contributed by atoms with Crippen molar-refractivity contribution in [2.75, 3.05) is 12.3 Å². The lowest BCUT2D eigenvalue weighted by molar-refractivity contribution is -0.147. The molecule has 1 fully saturated rings. The number of carboxylic acids is 1. The Balaban J connectivity index is 2.81. The third-order valence-electron chi connectivity index (χ3n) is 3.36. The number of nitrogens with zero attached hydrogens (tertiary/aromatic N) is 1. The van der Waals surface area contributed by atoms with Crippen LogP contribution in [0.3, 0.4) is 0 Å².